The molecule has 1 aliphatic heterocycles. The van der Waals surface area contributed by atoms with E-state index in [9.17, 15) is 4.79 Å². The van der Waals surface area contributed by atoms with Crippen LogP contribution in [0.2, 0.25) is 0 Å². The van der Waals surface area contributed by atoms with Crippen LogP contribution in [0, 0.1) is 5.92 Å². The Kier molecular flexibility index (Phi) is 5.25. The molecule has 0 bridgehead atoms. The molecular formula is C17H24BrNO. The molecule has 1 aromatic rings. The van der Waals surface area contributed by atoms with Crippen molar-refractivity contribution in [2.75, 3.05) is 11.9 Å². The molecule has 20 heavy (non-hydrogen) atoms. The molecule has 1 atom stereocenters. The van der Waals surface area contributed by atoms with Crippen LogP contribution in [0.5, 0.6) is 0 Å². The molecule has 0 fully saturated rings. The van der Waals surface area contributed by atoms with Gasteiger partial charge in [-0.15, -0.1) is 0 Å². The number of amides is 1. The van der Waals surface area contributed by atoms with Gasteiger partial charge in [0, 0.05) is 17.6 Å². The smallest absolute Gasteiger partial charge is 0.231 e. The molecule has 0 radical (unpaired) electrons. The lowest BCUT2D eigenvalue weighted by Gasteiger charge is -2.23. The molecule has 1 heterocycles. The van der Waals surface area contributed by atoms with Gasteiger partial charge in [-0.1, -0.05) is 54.8 Å². The summed E-state index contributed by atoms with van der Waals surface area (Å²) in [6.45, 7) is 4.50. The van der Waals surface area contributed by atoms with Crippen LogP contribution < -0.4 is 4.90 Å². The summed E-state index contributed by atoms with van der Waals surface area (Å²) in [5.74, 6) is 0.875. The quantitative estimate of drug-likeness (QED) is 0.679. The minimum Gasteiger partial charge on any atom is -0.315 e. The van der Waals surface area contributed by atoms with Crippen molar-refractivity contribution in [2.24, 2.45) is 5.92 Å². The third-order valence-corrected chi connectivity index (χ3v) is 5.51. The highest BCUT2D eigenvalue weighted by Gasteiger charge is 2.26. The van der Waals surface area contributed by atoms with E-state index < -0.39 is 0 Å². The zero-order valence-electron chi connectivity index (χ0n) is 12.7. The lowest BCUT2D eigenvalue weighted by Crippen LogP contribution is -2.20. The maximum atomic E-state index is 11.8. The summed E-state index contributed by atoms with van der Waals surface area (Å²) in [6, 6.07) is 6.49. The molecule has 1 unspecified atom stereocenters. The lowest BCUT2D eigenvalue weighted by molar-refractivity contribution is -0.117. The first-order chi connectivity index (χ1) is 9.58. The van der Waals surface area contributed by atoms with Gasteiger partial charge in [-0.2, -0.15) is 0 Å². The van der Waals surface area contributed by atoms with Crippen LogP contribution in [0.25, 0.3) is 0 Å². The molecule has 110 valence electrons. The van der Waals surface area contributed by atoms with Gasteiger partial charge in [-0.3, -0.25) is 4.79 Å². The highest BCUT2D eigenvalue weighted by Crippen LogP contribution is 2.39. The molecule has 0 saturated carbocycles. The number of rotatable bonds is 6. The van der Waals surface area contributed by atoms with Crippen molar-refractivity contribution >= 4 is 27.5 Å². The summed E-state index contributed by atoms with van der Waals surface area (Å²) in [5.41, 5.74) is 3.56. The summed E-state index contributed by atoms with van der Waals surface area (Å²) in [7, 11) is 1.86. The third-order valence-electron chi connectivity index (χ3n) is 4.23. The SMILES string of the molecule is CCCC(CCC)C(Br)c1ccc2c(c1)CC(=O)N2C. The third kappa shape index (κ3) is 3.08. The molecule has 0 N–H and O–H groups in total. The first-order valence-corrected chi connectivity index (χ1v) is 8.53. The van der Waals surface area contributed by atoms with Crippen molar-refractivity contribution in [1.82, 2.24) is 0 Å². The molecule has 0 spiro atoms. The molecule has 1 aliphatic rings. The van der Waals surface area contributed by atoms with E-state index in [2.05, 4.69) is 48.0 Å². The van der Waals surface area contributed by atoms with Crippen LogP contribution in [-0.2, 0) is 11.2 Å². The number of carbonyl (C=O) groups is 1. The fourth-order valence-corrected chi connectivity index (χ4v) is 3.93. The van der Waals surface area contributed by atoms with Gasteiger partial charge in [-0.25, -0.2) is 0 Å². The summed E-state index contributed by atoms with van der Waals surface area (Å²) >= 11 is 3.89. The number of anilines is 1. The van der Waals surface area contributed by atoms with Crippen molar-refractivity contribution < 1.29 is 4.79 Å². The summed E-state index contributed by atoms with van der Waals surface area (Å²) in [6.07, 6.45) is 5.49. The predicted molar refractivity (Wildman–Crippen MR) is 88.5 cm³/mol. The molecule has 1 amide bonds. The Bertz CT molecular complexity index is 480. The van der Waals surface area contributed by atoms with Crippen LogP contribution in [0.1, 0.15) is 55.5 Å². The van der Waals surface area contributed by atoms with Crippen molar-refractivity contribution in [1.29, 1.82) is 0 Å². The molecule has 0 saturated heterocycles. The topological polar surface area (TPSA) is 20.3 Å². The molecule has 0 aliphatic carbocycles. The van der Waals surface area contributed by atoms with Gasteiger partial charge in [0.1, 0.15) is 0 Å². The molecular weight excluding hydrogens is 314 g/mol. The highest BCUT2D eigenvalue weighted by molar-refractivity contribution is 9.09. The number of carbonyl (C=O) groups excluding carboxylic acids is 1. The second-order valence-corrected chi connectivity index (χ2v) is 6.74. The summed E-state index contributed by atoms with van der Waals surface area (Å²) in [5, 5.41) is 0. The zero-order chi connectivity index (χ0) is 14.7. The van der Waals surface area contributed by atoms with E-state index in [1.165, 1.54) is 36.8 Å². The Balaban J connectivity index is 2.21. The van der Waals surface area contributed by atoms with Crippen molar-refractivity contribution in [3.8, 4) is 0 Å². The fourth-order valence-electron chi connectivity index (χ4n) is 3.11. The van der Waals surface area contributed by atoms with E-state index in [-0.39, 0.29) is 5.91 Å². The Hall–Kier alpha value is -0.830. The first kappa shape index (κ1) is 15.6. The normalized spacial score (nSPS) is 15.8. The van der Waals surface area contributed by atoms with Crippen LogP contribution >= 0.6 is 15.9 Å². The Morgan fingerprint density at radius 3 is 2.50 bits per heavy atom. The van der Waals surface area contributed by atoms with E-state index in [4.69, 9.17) is 0 Å². The number of halogens is 1. The van der Waals surface area contributed by atoms with Gasteiger partial charge < -0.3 is 4.90 Å². The van der Waals surface area contributed by atoms with E-state index in [1.54, 1.807) is 4.90 Å². The van der Waals surface area contributed by atoms with Crippen LogP contribution in [0.3, 0.4) is 0 Å². The standard InChI is InChI=1S/C17H24BrNO/c1-4-6-12(7-5-2)17(18)13-8-9-15-14(10-13)11-16(20)19(15)3/h8-10,12,17H,4-7,11H2,1-3H3. The van der Waals surface area contributed by atoms with E-state index in [1.807, 2.05) is 7.05 Å². The number of hydrogen-bond acceptors (Lipinski definition) is 1. The minimum absolute atomic E-state index is 0.196. The van der Waals surface area contributed by atoms with Crippen molar-refractivity contribution in [2.45, 2.75) is 50.8 Å². The second kappa shape index (κ2) is 6.75. The summed E-state index contributed by atoms with van der Waals surface area (Å²) < 4.78 is 0. The molecule has 2 rings (SSSR count). The number of hydrogen-bond donors (Lipinski definition) is 0. The molecule has 0 aromatic heterocycles. The van der Waals surface area contributed by atoms with Crippen molar-refractivity contribution in [3.05, 3.63) is 29.3 Å². The number of benzene rings is 1. The highest BCUT2D eigenvalue weighted by atomic mass is 79.9. The predicted octanol–water partition coefficient (Wildman–Crippen LogP) is 4.86. The average Bonchev–Trinajstić information content (AvgIpc) is 2.72. The lowest BCUT2D eigenvalue weighted by atomic mass is 9.90. The number of alkyl halides is 1. The number of likely N-dealkylation sites (N-methyl/N-ethyl adjacent to an activating group) is 1. The van der Waals surface area contributed by atoms with Crippen molar-refractivity contribution in [3.63, 3.8) is 0 Å². The van der Waals surface area contributed by atoms with E-state index in [0.717, 1.165) is 5.69 Å². The first-order valence-electron chi connectivity index (χ1n) is 7.61. The minimum atomic E-state index is 0.196. The van der Waals surface area contributed by atoms with Gasteiger partial charge in [0.2, 0.25) is 5.91 Å². The molecule has 1 aromatic carbocycles. The average molecular weight is 338 g/mol. The Morgan fingerprint density at radius 1 is 1.25 bits per heavy atom. The van der Waals surface area contributed by atoms with Gasteiger partial charge in [0.15, 0.2) is 0 Å². The zero-order valence-corrected chi connectivity index (χ0v) is 14.2. The maximum Gasteiger partial charge on any atom is 0.231 e. The van der Waals surface area contributed by atoms with E-state index >= 15 is 0 Å². The largest absolute Gasteiger partial charge is 0.315 e. The van der Waals surface area contributed by atoms with Crippen LogP contribution in [-0.4, -0.2) is 13.0 Å². The fraction of sp³-hybridized carbons (Fsp3) is 0.588. The Morgan fingerprint density at radius 2 is 1.90 bits per heavy atom. The number of fused-ring (bicyclic) bond motifs is 1. The van der Waals surface area contributed by atoms with Gasteiger partial charge in [-0.05, 0) is 36.0 Å². The maximum absolute atomic E-state index is 11.8. The monoisotopic (exact) mass is 337 g/mol. The van der Waals surface area contributed by atoms with Gasteiger partial charge in [0.25, 0.3) is 0 Å². The van der Waals surface area contributed by atoms with Gasteiger partial charge in [0.05, 0.1) is 6.42 Å². The van der Waals surface area contributed by atoms with Crippen LogP contribution in [0.15, 0.2) is 18.2 Å². The number of nitrogens with zero attached hydrogens (tertiary/aromatic N) is 1. The molecule has 3 heteroatoms. The van der Waals surface area contributed by atoms with Gasteiger partial charge >= 0.3 is 0 Å². The molecule has 2 nitrogen and oxygen atoms in total. The second-order valence-electron chi connectivity index (χ2n) is 5.76. The Labute approximate surface area is 130 Å². The summed E-state index contributed by atoms with van der Waals surface area (Å²) in [4.78, 5) is 13.9. The van der Waals surface area contributed by atoms with Crippen LogP contribution in [0.4, 0.5) is 5.69 Å². The van der Waals surface area contributed by atoms with E-state index in [0.29, 0.717) is 17.2 Å².